The van der Waals surface area contributed by atoms with Crippen molar-refractivity contribution in [3.8, 4) is 0 Å². The van der Waals surface area contributed by atoms with E-state index in [0.717, 1.165) is 35.5 Å². The van der Waals surface area contributed by atoms with Gasteiger partial charge in [0, 0.05) is 0 Å². The van der Waals surface area contributed by atoms with E-state index < -0.39 is 0 Å². The van der Waals surface area contributed by atoms with Gasteiger partial charge >= 0.3 is 0 Å². The van der Waals surface area contributed by atoms with E-state index in [2.05, 4.69) is 88.4 Å². The molecule has 0 radical (unpaired) electrons. The minimum atomic E-state index is 0.662. The van der Waals surface area contributed by atoms with Gasteiger partial charge in [0.1, 0.15) is 0 Å². The first-order valence-corrected chi connectivity index (χ1v) is 26.3. The topological polar surface area (TPSA) is 9.23 Å². The molecule has 2 aromatic rings. The van der Waals surface area contributed by atoms with E-state index in [1.54, 1.807) is 22.3 Å². The fourth-order valence-electron chi connectivity index (χ4n) is 12.6. The fourth-order valence-corrected chi connectivity index (χ4v) is 12.6. The van der Waals surface area contributed by atoms with Crippen LogP contribution in [0.3, 0.4) is 0 Å². The Morgan fingerprint density at radius 2 is 0.746 bits per heavy atom. The quantitative estimate of drug-likeness (QED) is 0.108. The predicted octanol–water partition coefficient (Wildman–Crippen LogP) is 18.1. The lowest BCUT2D eigenvalue weighted by Gasteiger charge is -2.31. The van der Waals surface area contributed by atoms with E-state index in [0.29, 0.717) is 25.0 Å². The van der Waals surface area contributed by atoms with Gasteiger partial charge in [0.2, 0.25) is 0 Å². The Hall–Kier alpha value is -2.12. The molecule has 0 aromatic heterocycles. The minimum absolute atomic E-state index is 0.662. The van der Waals surface area contributed by atoms with E-state index in [-0.39, 0.29) is 0 Å². The summed E-state index contributed by atoms with van der Waals surface area (Å²) in [5.41, 5.74) is 9.21. The highest BCUT2D eigenvalue weighted by molar-refractivity contribution is 5.69. The van der Waals surface area contributed by atoms with Crippen LogP contribution in [0.2, 0.25) is 0 Å². The molecule has 1 heteroatoms. The SMILES string of the molecule is CCCCC[C@H]1CC[C@H](c2ccc(C(=CCOCC=C(c3ccc([C@H]4CC[C@H](CCCCC)CC4)cc3)[C@H]3CC[C@H](CCC)CC3)[C@H]3CC[C@H](CCC)CC3)cc2)CC1. The summed E-state index contributed by atoms with van der Waals surface area (Å²) in [4.78, 5) is 0. The number of hydrogen-bond acceptors (Lipinski definition) is 1. The Balaban J connectivity index is 1.10. The second-order valence-corrected chi connectivity index (χ2v) is 20.5. The molecule has 2 aromatic carbocycles. The van der Waals surface area contributed by atoms with Gasteiger partial charge in [-0.15, -0.1) is 0 Å². The molecule has 0 heterocycles. The highest BCUT2D eigenvalue weighted by Crippen LogP contribution is 2.43. The number of ether oxygens (including phenoxy) is 1. The zero-order valence-corrected chi connectivity index (χ0v) is 39.0. The molecule has 59 heavy (non-hydrogen) atoms. The summed E-state index contributed by atoms with van der Waals surface area (Å²) in [5, 5.41) is 0. The average Bonchev–Trinajstić information content (AvgIpc) is 3.28. The summed E-state index contributed by atoms with van der Waals surface area (Å²) in [6.45, 7) is 10.8. The van der Waals surface area contributed by atoms with Crippen LogP contribution in [-0.2, 0) is 4.74 Å². The third kappa shape index (κ3) is 14.5. The molecular formula is C58H90O. The average molecular weight is 803 g/mol. The number of unbranched alkanes of at least 4 members (excludes halogenated alkanes) is 4. The largest absolute Gasteiger partial charge is 0.373 e. The van der Waals surface area contributed by atoms with Crippen LogP contribution >= 0.6 is 0 Å². The second-order valence-electron chi connectivity index (χ2n) is 20.5. The Kier molecular flexibility index (Phi) is 20.2. The van der Waals surface area contributed by atoms with E-state index in [1.807, 2.05) is 0 Å². The third-order valence-corrected chi connectivity index (χ3v) is 16.4. The maximum atomic E-state index is 6.61. The molecule has 0 aliphatic heterocycles. The molecule has 0 spiro atoms. The monoisotopic (exact) mass is 803 g/mol. The molecule has 0 saturated heterocycles. The summed E-state index contributed by atoms with van der Waals surface area (Å²) >= 11 is 0. The number of hydrogen-bond donors (Lipinski definition) is 0. The Morgan fingerprint density at radius 3 is 1.08 bits per heavy atom. The molecule has 0 amide bonds. The molecule has 0 bridgehead atoms. The number of rotatable bonds is 22. The minimum Gasteiger partial charge on any atom is -0.373 e. The molecule has 4 fully saturated rings. The smallest absolute Gasteiger partial charge is 0.0657 e. The van der Waals surface area contributed by atoms with Crippen LogP contribution in [0.25, 0.3) is 11.1 Å². The Labute approximate surface area is 365 Å². The molecule has 6 rings (SSSR count). The van der Waals surface area contributed by atoms with Crippen LogP contribution < -0.4 is 0 Å². The fraction of sp³-hybridized carbons (Fsp3) is 0.724. The highest BCUT2D eigenvalue weighted by Gasteiger charge is 2.28. The lowest BCUT2D eigenvalue weighted by molar-refractivity contribution is 0.193. The van der Waals surface area contributed by atoms with Crippen molar-refractivity contribution in [3.63, 3.8) is 0 Å². The van der Waals surface area contributed by atoms with Gasteiger partial charge in [-0.25, -0.2) is 0 Å². The van der Waals surface area contributed by atoms with E-state index in [4.69, 9.17) is 4.74 Å². The molecule has 4 aliphatic rings. The summed E-state index contributed by atoms with van der Waals surface area (Å²) in [5.74, 6) is 6.64. The first kappa shape index (κ1) is 46.4. The molecule has 0 atom stereocenters. The van der Waals surface area contributed by atoms with Crippen LogP contribution in [0.4, 0.5) is 0 Å². The van der Waals surface area contributed by atoms with E-state index in [1.165, 1.54) is 191 Å². The molecule has 1 nitrogen and oxygen atoms in total. The van der Waals surface area contributed by atoms with E-state index >= 15 is 0 Å². The van der Waals surface area contributed by atoms with Crippen molar-refractivity contribution in [2.45, 2.75) is 219 Å². The Morgan fingerprint density at radius 1 is 0.407 bits per heavy atom. The summed E-state index contributed by atoms with van der Waals surface area (Å²) in [6, 6.07) is 20.0. The first-order valence-electron chi connectivity index (χ1n) is 26.3. The second kappa shape index (κ2) is 25.7. The summed E-state index contributed by atoms with van der Waals surface area (Å²) in [7, 11) is 0. The number of allylic oxidation sites excluding steroid dienone is 2. The van der Waals surface area contributed by atoms with Gasteiger partial charge in [0.15, 0.2) is 0 Å². The Bertz CT molecular complexity index is 1350. The summed E-state index contributed by atoms with van der Waals surface area (Å²) < 4.78 is 6.61. The van der Waals surface area contributed by atoms with E-state index in [9.17, 15) is 0 Å². The van der Waals surface area contributed by atoms with Gasteiger partial charge in [-0.1, -0.05) is 165 Å². The standard InChI is InChI=1S/C58H90O/c1-5-9-11-15-47-17-25-49(26-18-47)51-33-37-55(38-34-51)57(53-29-21-45(13-7-3)22-30-53)41-43-59-44-42-58(54-31-23-46(14-8-4)24-32-54)56-39-35-52(36-40-56)50-27-19-48(20-28-50)16-12-10-6-2/h33-42,45-50,53-54H,5-32,43-44H2,1-4H3/t45-,46-,47-,48-,49-,50-,53-,54-. The molecule has 4 saturated carbocycles. The maximum absolute atomic E-state index is 6.61. The van der Waals surface area contributed by atoms with Gasteiger partial charge in [-0.2, -0.15) is 0 Å². The van der Waals surface area contributed by atoms with Crippen molar-refractivity contribution >= 4 is 11.1 Å². The van der Waals surface area contributed by atoms with Crippen LogP contribution in [0.5, 0.6) is 0 Å². The summed E-state index contributed by atoms with van der Waals surface area (Å²) in [6.07, 6.45) is 43.9. The van der Waals surface area contributed by atoms with Crippen molar-refractivity contribution in [1.29, 1.82) is 0 Å². The normalized spacial score (nSPS) is 28.5. The molecule has 4 aliphatic carbocycles. The van der Waals surface area contributed by atoms with Crippen molar-refractivity contribution in [1.82, 2.24) is 0 Å². The maximum Gasteiger partial charge on any atom is 0.0657 e. The van der Waals surface area contributed by atoms with Crippen LogP contribution in [0, 0.1) is 35.5 Å². The molecule has 328 valence electrons. The van der Waals surface area contributed by atoms with Gasteiger partial charge in [0.25, 0.3) is 0 Å². The van der Waals surface area contributed by atoms with Gasteiger partial charge in [0.05, 0.1) is 13.2 Å². The van der Waals surface area contributed by atoms with Crippen LogP contribution in [-0.4, -0.2) is 13.2 Å². The molecule has 0 unspecified atom stereocenters. The third-order valence-electron chi connectivity index (χ3n) is 16.4. The predicted molar refractivity (Wildman–Crippen MR) is 258 cm³/mol. The molecular weight excluding hydrogens is 713 g/mol. The zero-order chi connectivity index (χ0) is 41.1. The van der Waals surface area contributed by atoms with Crippen LogP contribution in [0.15, 0.2) is 60.7 Å². The van der Waals surface area contributed by atoms with Gasteiger partial charge in [-0.05, 0) is 183 Å². The van der Waals surface area contributed by atoms with Gasteiger partial charge in [-0.3, -0.25) is 0 Å². The van der Waals surface area contributed by atoms with Crippen LogP contribution in [0.1, 0.15) is 242 Å². The van der Waals surface area contributed by atoms with Crippen molar-refractivity contribution in [2.24, 2.45) is 35.5 Å². The molecule has 0 N–H and O–H groups in total. The van der Waals surface area contributed by atoms with Gasteiger partial charge < -0.3 is 4.74 Å². The van der Waals surface area contributed by atoms with Crippen molar-refractivity contribution in [2.75, 3.05) is 13.2 Å². The van der Waals surface area contributed by atoms with Crippen molar-refractivity contribution < 1.29 is 4.74 Å². The van der Waals surface area contributed by atoms with Crippen molar-refractivity contribution in [3.05, 3.63) is 82.9 Å². The number of benzene rings is 2. The highest BCUT2D eigenvalue weighted by atomic mass is 16.5. The lowest BCUT2D eigenvalue weighted by atomic mass is 9.74. The first-order chi connectivity index (χ1) is 29.1. The lowest BCUT2D eigenvalue weighted by Crippen LogP contribution is -2.17. The zero-order valence-electron chi connectivity index (χ0n) is 39.0.